The normalized spacial score (nSPS) is 16.6. The smallest absolute Gasteiger partial charge is 0.118 e. The van der Waals surface area contributed by atoms with Gasteiger partial charge in [0, 0.05) is 5.41 Å². The Morgan fingerprint density at radius 3 is 1.52 bits per heavy atom. The second-order valence-electron chi connectivity index (χ2n) is 7.97. The summed E-state index contributed by atoms with van der Waals surface area (Å²) in [7, 11) is 3.42. The molecule has 0 heterocycles. The molecule has 0 N–H and O–H groups in total. The van der Waals surface area contributed by atoms with Gasteiger partial charge in [0.1, 0.15) is 11.5 Å². The van der Waals surface area contributed by atoms with E-state index in [-0.39, 0.29) is 10.8 Å². The maximum atomic E-state index is 5.39. The fraction of sp³-hybridized carbons (Fsp3) is 0.280. The molecule has 0 saturated carbocycles. The zero-order valence-corrected chi connectivity index (χ0v) is 16.5. The van der Waals surface area contributed by atoms with Crippen LogP contribution in [0.15, 0.2) is 72.8 Å². The molecule has 2 heteroatoms. The van der Waals surface area contributed by atoms with Crippen molar-refractivity contribution in [3.05, 3.63) is 95.1 Å². The number of hydrogen-bond donors (Lipinski definition) is 0. The highest BCUT2D eigenvalue weighted by Gasteiger charge is 2.49. The van der Waals surface area contributed by atoms with E-state index >= 15 is 0 Å². The summed E-state index contributed by atoms with van der Waals surface area (Å²) in [5.74, 6) is 1.77. The van der Waals surface area contributed by atoms with Crippen LogP contribution in [0.1, 0.15) is 42.5 Å². The molecule has 1 aliphatic carbocycles. The average molecular weight is 358 g/mol. The summed E-state index contributed by atoms with van der Waals surface area (Å²) in [6.45, 7) is 4.70. The lowest BCUT2D eigenvalue weighted by Crippen LogP contribution is -2.28. The van der Waals surface area contributed by atoms with Crippen LogP contribution in [0.5, 0.6) is 11.5 Å². The number of benzene rings is 3. The summed E-state index contributed by atoms with van der Waals surface area (Å²) in [4.78, 5) is 0. The van der Waals surface area contributed by atoms with Crippen molar-refractivity contribution in [3.63, 3.8) is 0 Å². The average Bonchev–Trinajstić information content (AvgIpc) is 2.97. The van der Waals surface area contributed by atoms with Crippen LogP contribution >= 0.6 is 0 Å². The standard InChI is InChI=1S/C25H26O2/c1-24(2)17-25(23-8-6-5-7-22(23)24,18-9-13-20(26-3)14-10-18)19-11-15-21(27-4)16-12-19/h5-16H,17H2,1-4H3. The van der Waals surface area contributed by atoms with Gasteiger partial charge in [0.15, 0.2) is 0 Å². The Kier molecular flexibility index (Phi) is 4.22. The molecule has 0 aliphatic heterocycles. The van der Waals surface area contributed by atoms with Gasteiger partial charge < -0.3 is 9.47 Å². The van der Waals surface area contributed by atoms with E-state index in [1.54, 1.807) is 14.2 Å². The Morgan fingerprint density at radius 2 is 1.07 bits per heavy atom. The lowest BCUT2D eigenvalue weighted by atomic mass is 9.68. The van der Waals surface area contributed by atoms with Gasteiger partial charge in [-0.2, -0.15) is 0 Å². The van der Waals surface area contributed by atoms with E-state index in [0.717, 1.165) is 17.9 Å². The fourth-order valence-electron chi connectivity index (χ4n) is 4.73. The van der Waals surface area contributed by atoms with Gasteiger partial charge >= 0.3 is 0 Å². The lowest BCUT2D eigenvalue weighted by molar-refractivity contribution is 0.412. The highest BCUT2D eigenvalue weighted by molar-refractivity contribution is 5.60. The van der Waals surface area contributed by atoms with E-state index in [0.29, 0.717) is 0 Å². The molecule has 0 atom stereocenters. The first-order valence-electron chi connectivity index (χ1n) is 9.40. The van der Waals surface area contributed by atoms with Crippen molar-refractivity contribution in [3.8, 4) is 11.5 Å². The lowest BCUT2D eigenvalue weighted by Gasteiger charge is -2.34. The highest BCUT2D eigenvalue weighted by Crippen LogP contribution is 2.56. The Morgan fingerprint density at radius 1 is 0.630 bits per heavy atom. The fourth-order valence-corrected chi connectivity index (χ4v) is 4.73. The Bertz CT molecular complexity index is 889. The Hall–Kier alpha value is -2.74. The molecule has 138 valence electrons. The third kappa shape index (κ3) is 2.71. The van der Waals surface area contributed by atoms with Crippen LogP contribution in [-0.2, 0) is 10.8 Å². The van der Waals surface area contributed by atoms with Gasteiger partial charge in [-0.3, -0.25) is 0 Å². The largest absolute Gasteiger partial charge is 0.497 e. The van der Waals surface area contributed by atoms with E-state index in [1.165, 1.54) is 22.3 Å². The molecule has 0 amide bonds. The summed E-state index contributed by atoms with van der Waals surface area (Å²) in [5, 5.41) is 0. The predicted octanol–water partition coefficient (Wildman–Crippen LogP) is 5.72. The van der Waals surface area contributed by atoms with E-state index in [4.69, 9.17) is 9.47 Å². The van der Waals surface area contributed by atoms with Crippen LogP contribution in [0, 0.1) is 0 Å². The molecule has 0 spiro atoms. The molecule has 0 bridgehead atoms. The summed E-state index contributed by atoms with van der Waals surface area (Å²) < 4.78 is 10.8. The minimum Gasteiger partial charge on any atom is -0.497 e. The number of hydrogen-bond acceptors (Lipinski definition) is 2. The van der Waals surface area contributed by atoms with Crippen molar-refractivity contribution in [2.45, 2.75) is 31.1 Å². The van der Waals surface area contributed by atoms with E-state index in [9.17, 15) is 0 Å². The molecule has 4 rings (SSSR count). The summed E-state index contributed by atoms with van der Waals surface area (Å²) >= 11 is 0. The molecular formula is C25H26O2. The number of rotatable bonds is 4. The molecule has 0 saturated heterocycles. The van der Waals surface area contributed by atoms with Crippen LogP contribution < -0.4 is 9.47 Å². The van der Waals surface area contributed by atoms with Gasteiger partial charge in [-0.1, -0.05) is 62.4 Å². The molecule has 1 aliphatic rings. The molecule has 0 aromatic heterocycles. The zero-order valence-electron chi connectivity index (χ0n) is 16.5. The SMILES string of the molecule is COc1ccc(C2(c3ccc(OC)cc3)CC(C)(C)c3ccccc32)cc1. The summed E-state index contributed by atoms with van der Waals surface area (Å²) in [6.07, 6.45) is 1.03. The number of fused-ring (bicyclic) bond motifs is 1. The number of methoxy groups -OCH3 is 2. The van der Waals surface area contributed by atoms with Crippen molar-refractivity contribution in [2.75, 3.05) is 14.2 Å². The predicted molar refractivity (Wildman–Crippen MR) is 110 cm³/mol. The van der Waals surface area contributed by atoms with Gasteiger partial charge in [0.2, 0.25) is 0 Å². The second kappa shape index (κ2) is 6.45. The van der Waals surface area contributed by atoms with Crippen molar-refractivity contribution >= 4 is 0 Å². The van der Waals surface area contributed by atoms with E-state index < -0.39 is 0 Å². The maximum absolute atomic E-state index is 5.39. The molecule has 0 fully saturated rings. The van der Waals surface area contributed by atoms with Crippen LogP contribution in [0.25, 0.3) is 0 Å². The van der Waals surface area contributed by atoms with Gasteiger partial charge in [-0.15, -0.1) is 0 Å². The van der Waals surface area contributed by atoms with Crippen molar-refractivity contribution in [2.24, 2.45) is 0 Å². The maximum Gasteiger partial charge on any atom is 0.118 e. The highest BCUT2D eigenvalue weighted by atomic mass is 16.5. The van der Waals surface area contributed by atoms with Crippen molar-refractivity contribution in [1.29, 1.82) is 0 Å². The Labute approximate surface area is 161 Å². The molecule has 0 unspecified atom stereocenters. The third-order valence-electron chi connectivity index (χ3n) is 5.99. The van der Waals surface area contributed by atoms with Gasteiger partial charge in [0.25, 0.3) is 0 Å². The quantitative estimate of drug-likeness (QED) is 0.594. The van der Waals surface area contributed by atoms with Gasteiger partial charge in [0.05, 0.1) is 14.2 Å². The first-order valence-corrected chi connectivity index (χ1v) is 9.40. The summed E-state index contributed by atoms with van der Waals surface area (Å²) in [5.41, 5.74) is 5.33. The third-order valence-corrected chi connectivity index (χ3v) is 5.99. The molecular weight excluding hydrogens is 332 g/mol. The minimum atomic E-state index is -0.182. The van der Waals surface area contributed by atoms with E-state index in [1.807, 2.05) is 0 Å². The molecule has 3 aromatic carbocycles. The molecule has 2 nitrogen and oxygen atoms in total. The molecule has 3 aromatic rings. The topological polar surface area (TPSA) is 18.5 Å². The second-order valence-corrected chi connectivity index (χ2v) is 7.97. The number of ether oxygens (including phenoxy) is 2. The van der Waals surface area contributed by atoms with Crippen molar-refractivity contribution < 1.29 is 9.47 Å². The first kappa shape index (κ1) is 17.7. The Balaban J connectivity index is 1.98. The molecule has 0 radical (unpaired) electrons. The van der Waals surface area contributed by atoms with Crippen LogP contribution in [-0.4, -0.2) is 14.2 Å². The van der Waals surface area contributed by atoms with Crippen LogP contribution in [0.4, 0.5) is 0 Å². The minimum absolute atomic E-state index is 0.0937. The van der Waals surface area contributed by atoms with Gasteiger partial charge in [-0.25, -0.2) is 0 Å². The summed E-state index contributed by atoms with van der Waals surface area (Å²) in [6, 6.07) is 26.0. The van der Waals surface area contributed by atoms with Crippen LogP contribution in [0.2, 0.25) is 0 Å². The molecule has 27 heavy (non-hydrogen) atoms. The first-order chi connectivity index (χ1) is 13.0. The van der Waals surface area contributed by atoms with E-state index in [2.05, 4.69) is 86.6 Å². The van der Waals surface area contributed by atoms with Crippen LogP contribution in [0.3, 0.4) is 0 Å². The monoisotopic (exact) mass is 358 g/mol. The van der Waals surface area contributed by atoms with Gasteiger partial charge in [-0.05, 0) is 58.4 Å². The van der Waals surface area contributed by atoms with Crippen molar-refractivity contribution in [1.82, 2.24) is 0 Å². The zero-order chi connectivity index (χ0) is 19.1.